The second kappa shape index (κ2) is 5.21. The molecule has 0 unspecified atom stereocenters. The molecule has 0 aliphatic carbocycles. The topological polar surface area (TPSA) is 49.9 Å². The van der Waals surface area contributed by atoms with Crippen LogP contribution in [0, 0.1) is 5.82 Å². The molecule has 0 saturated carbocycles. The predicted octanol–water partition coefficient (Wildman–Crippen LogP) is 3.32. The zero-order valence-electron chi connectivity index (χ0n) is 11.0. The second-order valence-corrected chi connectivity index (χ2v) is 4.46. The molecule has 0 atom stereocenters. The SMILES string of the molecule is COc1ccc(CNc2n[nH]c3cc(F)ccc23)cc1. The van der Waals surface area contributed by atoms with Crippen molar-refractivity contribution < 1.29 is 9.13 Å². The van der Waals surface area contributed by atoms with Gasteiger partial charge in [-0.2, -0.15) is 5.10 Å². The summed E-state index contributed by atoms with van der Waals surface area (Å²) in [5.74, 6) is 1.27. The van der Waals surface area contributed by atoms with Crippen molar-refractivity contribution in [2.24, 2.45) is 0 Å². The molecular weight excluding hydrogens is 257 g/mol. The number of anilines is 1. The van der Waals surface area contributed by atoms with Crippen LogP contribution in [0.1, 0.15) is 5.56 Å². The Bertz CT molecular complexity index is 722. The van der Waals surface area contributed by atoms with Crippen LogP contribution >= 0.6 is 0 Å². The summed E-state index contributed by atoms with van der Waals surface area (Å²) < 4.78 is 18.2. The van der Waals surface area contributed by atoms with Crippen molar-refractivity contribution in [3.8, 4) is 5.75 Å². The molecule has 20 heavy (non-hydrogen) atoms. The Morgan fingerprint density at radius 3 is 2.75 bits per heavy atom. The van der Waals surface area contributed by atoms with Gasteiger partial charge in [0.05, 0.1) is 12.6 Å². The molecule has 0 saturated heterocycles. The molecule has 0 spiro atoms. The highest BCUT2D eigenvalue weighted by Crippen LogP contribution is 2.21. The van der Waals surface area contributed by atoms with E-state index in [1.807, 2.05) is 24.3 Å². The number of aromatic amines is 1. The van der Waals surface area contributed by atoms with E-state index in [0.29, 0.717) is 12.1 Å². The molecule has 1 heterocycles. The zero-order chi connectivity index (χ0) is 13.9. The number of ether oxygens (including phenoxy) is 1. The van der Waals surface area contributed by atoms with Gasteiger partial charge in [0.15, 0.2) is 5.82 Å². The number of nitrogens with zero attached hydrogens (tertiary/aromatic N) is 1. The van der Waals surface area contributed by atoms with E-state index in [0.717, 1.165) is 22.5 Å². The molecule has 2 aromatic carbocycles. The van der Waals surface area contributed by atoms with E-state index in [2.05, 4.69) is 15.5 Å². The summed E-state index contributed by atoms with van der Waals surface area (Å²) >= 11 is 0. The quantitative estimate of drug-likeness (QED) is 0.765. The molecule has 0 bridgehead atoms. The molecule has 0 amide bonds. The van der Waals surface area contributed by atoms with Crippen LogP contribution in [0.25, 0.3) is 10.9 Å². The van der Waals surface area contributed by atoms with Gasteiger partial charge in [-0.1, -0.05) is 12.1 Å². The average molecular weight is 271 g/mol. The zero-order valence-corrected chi connectivity index (χ0v) is 11.0. The minimum absolute atomic E-state index is 0.275. The van der Waals surface area contributed by atoms with Crippen LogP contribution in [0.4, 0.5) is 10.2 Å². The summed E-state index contributed by atoms with van der Waals surface area (Å²) in [5, 5.41) is 11.1. The first-order valence-electron chi connectivity index (χ1n) is 6.27. The molecular formula is C15H14FN3O. The highest BCUT2D eigenvalue weighted by molar-refractivity contribution is 5.89. The van der Waals surface area contributed by atoms with Gasteiger partial charge in [0.2, 0.25) is 0 Å². The Hall–Kier alpha value is -2.56. The number of halogens is 1. The molecule has 0 aliphatic rings. The largest absolute Gasteiger partial charge is 0.497 e. The van der Waals surface area contributed by atoms with Gasteiger partial charge in [-0.15, -0.1) is 0 Å². The van der Waals surface area contributed by atoms with Crippen molar-refractivity contribution in [1.82, 2.24) is 10.2 Å². The predicted molar refractivity (Wildman–Crippen MR) is 76.4 cm³/mol. The van der Waals surface area contributed by atoms with Crippen LogP contribution < -0.4 is 10.1 Å². The van der Waals surface area contributed by atoms with Gasteiger partial charge in [0.25, 0.3) is 0 Å². The van der Waals surface area contributed by atoms with E-state index in [1.165, 1.54) is 12.1 Å². The third-order valence-electron chi connectivity index (χ3n) is 3.14. The summed E-state index contributed by atoms with van der Waals surface area (Å²) in [7, 11) is 1.64. The van der Waals surface area contributed by atoms with Gasteiger partial charge in [-0.25, -0.2) is 4.39 Å². The number of methoxy groups -OCH3 is 1. The standard InChI is InChI=1S/C15H14FN3O/c1-20-12-5-2-10(3-6-12)9-17-15-13-7-4-11(16)8-14(13)18-19-15/h2-8H,9H2,1H3,(H2,17,18,19). The fourth-order valence-corrected chi connectivity index (χ4v) is 2.06. The smallest absolute Gasteiger partial charge is 0.155 e. The van der Waals surface area contributed by atoms with Crippen LogP contribution in [0.5, 0.6) is 5.75 Å². The highest BCUT2D eigenvalue weighted by Gasteiger charge is 2.06. The van der Waals surface area contributed by atoms with Crippen molar-refractivity contribution in [3.05, 3.63) is 53.8 Å². The van der Waals surface area contributed by atoms with Crippen LogP contribution in [-0.4, -0.2) is 17.3 Å². The van der Waals surface area contributed by atoms with Gasteiger partial charge in [0.1, 0.15) is 11.6 Å². The fraction of sp³-hybridized carbons (Fsp3) is 0.133. The van der Waals surface area contributed by atoms with Crippen LogP contribution in [0.3, 0.4) is 0 Å². The lowest BCUT2D eigenvalue weighted by atomic mass is 10.2. The average Bonchev–Trinajstić information content (AvgIpc) is 2.88. The molecule has 1 aromatic heterocycles. The van der Waals surface area contributed by atoms with Crippen molar-refractivity contribution in [3.63, 3.8) is 0 Å². The molecule has 0 aliphatic heterocycles. The molecule has 3 aromatic rings. The van der Waals surface area contributed by atoms with Crippen LogP contribution in [0.2, 0.25) is 0 Å². The summed E-state index contributed by atoms with van der Waals surface area (Å²) in [6, 6.07) is 12.4. The lowest BCUT2D eigenvalue weighted by Gasteiger charge is -2.05. The third kappa shape index (κ3) is 2.42. The molecule has 102 valence electrons. The number of benzene rings is 2. The Kier molecular flexibility index (Phi) is 3.25. The number of fused-ring (bicyclic) bond motifs is 1. The Morgan fingerprint density at radius 2 is 2.00 bits per heavy atom. The Balaban J connectivity index is 1.76. The number of hydrogen-bond donors (Lipinski definition) is 2. The van der Waals surface area contributed by atoms with E-state index in [4.69, 9.17) is 4.74 Å². The van der Waals surface area contributed by atoms with Gasteiger partial charge in [0, 0.05) is 11.9 Å². The van der Waals surface area contributed by atoms with Crippen molar-refractivity contribution in [2.75, 3.05) is 12.4 Å². The Labute approximate surface area is 115 Å². The summed E-state index contributed by atoms with van der Waals surface area (Å²) in [5.41, 5.74) is 1.80. The minimum Gasteiger partial charge on any atom is -0.497 e. The fourth-order valence-electron chi connectivity index (χ4n) is 2.06. The summed E-state index contributed by atoms with van der Waals surface area (Å²) in [4.78, 5) is 0. The molecule has 4 nitrogen and oxygen atoms in total. The highest BCUT2D eigenvalue weighted by atomic mass is 19.1. The first-order valence-corrected chi connectivity index (χ1v) is 6.27. The number of hydrogen-bond acceptors (Lipinski definition) is 3. The third-order valence-corrected chi connectivity index (χ3v) is 3.14. The number of aromatic nitrogens is 2. The molecule has 3 rings (SSSR count). The number of H-pyrrole nitrogens is 1. The molecule has 2 N–H and O–H groups in total. The van der Waals surface area contributed by atoms with Crippen molar-refractivity contribution >= 4 is 16.7 Å². The van der Waals surface area contributed by atoms with E-state index < -0.39 is 0 Å². The van der Waals surface area contributed by atoms with Crippen LogP contribution in [0.15, 0.2) is 42.5 Å². The van der Waals surface area contributed by atoms with Crippen molar-refractivity contribution in [2.45, 2.75) is 6.54 Å². The summed E-state index contributed by atoms with van der Waals surface area (Å²) in [6.07, 6.45) is 0. The van der Waals surface area contributed by atoms with E-state index >= 15 is 0 Å². The molecule has 0 radical (unpaired) electrons. The van der Waals surface area contributed by atoms with Gasteiger partial charge >= 0.3 is 0 Å². The first-order chi connectivity index (χ1) is 9.76. The minimum atomic E-state index is -0.275. The monoisotopic (exact) mass is 271 g/mol. The lowest BCUT2D eigenvalue weighted by Crippen LogP contribution is -2.00. The van der Waals surface area contributed by atoms with Gasteiger partial charge < -0.3 is 10.1 Å². The number of nitrogens with one attached hydrogen (secondary N) is 2. The number of rotatable bonds is 4. The Morgan fingerprint density at radius 1 is 1.20 bits per heavy atom. The van der Waals surface area contributed by atoms with Gasteiger partial charge in [-0.3, -0.25) is 5.10 Å². The van der Waals surface area contributed by atoms with Crippen molar-refractivity contribution in [1.29, 1.82) is 0 Å². The second-order valence-electron chi connectivity index (χ2n) is 4.46. The first kappa shape index (κ1) is 12.5. The van der Waals surface area contributed by atoms with Gasteiger partial charge in [-0.05, 0) is 35.9 Å². The van der Waals surface area contributed by atoms with Crippen LogP contribution in [-0.2, 0) is 6.54 Å². The van der Waals surface area contributed by atoms with E-state index in [9.17, 15) is 4.39 Å². The maximum absolute atomic E-state index is 13.1. The van der Waals surface area contributed by atoms with E-state index in [-0.39, 0.29) is 5.82 Å². The molecule has 0 fully saturated rings. The summed E-state index contributed by atoms with van der Waals surface area (Å²) in [6.45, 7) is 0.640. The maximum Gasteiger partial charge on any atom is 0.155 e. The normalized spacial score (nSPS) is 10.7. The van der Waals surface area contributed by atoms with E-state index in [1.54, 1.807) is 13.2 Å². The molecule has 5 heteroatoms. The lowest BCUT2D eigenvalue weighted by molar-refractivity contribution is 0.414. The maximum atomic E-state index is 13.1.